The van der Waals surface area contributed by atoms with Gasteiger partial charge in [-0.25, -0.2) is 4.98 Å². The first-order chi connectivity index (χ1) is 8.24. The van der Waals surface area contributed by atoms with E-state index in [-0.39, 0.29) is 0 Å². The fourth-order valence-corrected chi connectivity index (χ4v) is 3.95. The van der Waals surface area contributed by atoms with Crippen LogP contribution in [0.1, 0.15) is 38.4 Å². The minimum absolute atomic E-state index is 0.746. The van der Waals surface area contributed by atoms with Gasteiger partial charge in [0.15, 0.2) is 4.34 Å². The van der Waals surface area contributed by atoms with Crippen molar-refractivity contribution < 1.29 is 0 Å². The molecule has 1 saturated carbocycles. The summed E-state index contributed by atoms with van der Waals surface area (Å²) in [4.78, 5) is 4.35. The Morgan fingerprint density at radius 1 is 1.47 bits per heavy atom. The Bertz CT molecular complexity index is 340. The minimum atomic E-state index is 0.746. The molecule has 1 aromatic rings. The molecule has 0 aliphatic heterocycles. The van der Waals surface area contributed by atoms with E-state index in [0.29, 0.717) is 0 Å². The van der Waals surface area contributed by atoms with E-state index in [4.69, 9.17) is 0 Å². The fraction of sp³-hybridized carbons (Fsp3) is 0.833. The highest BCUT2D eigenvalue weighted by Crippen LogP contribution is 2.24. The average Bonchev–Trinajstić information content (AvgIpc) is 2.71. The van der Waals surface area contributed by atoms with Gasteiger partial charge in [-0.1, -0.05) is 31.5 Å². The van der Waals surface area contributed by atoms with Crippen molar-refractivity contribution in [3.63, 3.8) is 0 Å². The Labute approximate surface area is 112 Å². The highest BCUT2D eigenvalue weighted by Gasteiger charge is 2.17. The van der Waals surface area contributed by atoms with Gasteiger partial charge in [-0.05, 0) is 37.2 Å². The van der Waals surface area contributed by atoms with Crippen molar-refractivity contribution in [3.8, 4) is 0 Å². The molecule has 1 N–H and O–H groups in total. The number of hydrogen-bond donors (Lipinski definition) is 1. The lowest BCUT2D eigenvalue weighted by molar-refractivity contribution is 0.306. The molecule has 1 aromatic heterocycles. The van der Waals surface area contributed by atoms with Crippen LogP contribution in [0.2, 0.25) is 0 Å². The van der Waals surface area contributed by atoms with E-state index < -0.39 is 0 Å². The number of aromatic nitrogens is 2. The van der Waals surface area contributed by atoms with Crippen LogP contribution in [-0.2, 0) is 0 Å². The van der Waals surface area contributed by atoms with Gasteiger partial charge in [0, 0.05) is 18.3 Å². The van der Waals surface area contributed by atoms with Crippen molar-refractivity contribution in [2.45, 2.75) is 49.9 Å². The lowest BCUT2D eigenvalue weighted by Gasteiger charge is -2.27. The molecule has 2 rings (SSSR count). The Morgan fingerprint density at radius 3 is 3.06 bits per heavy atom. The molecular weight excluding hydrogens is 250 g/mol. The van der Waals surface area contributed by atoms with E-state index >= 15 is 0 Å². The van der Waals surface area contributed by atoms with E-state index in [9.17, 15) is 0 Å². The molecule has 1 fully saturated rings. The van der Waals surface area contributed by atoms with E-state index in [2.05, 4.69) is 21.6 Å². The third kappa shape index (κ3) is 4.56. The predicted octanol–water partition coefficient (Wildman–Crippen LogP) is 3.11. The molecule has 96 valence electrons. The lowest BCUT2D eigenvalue weighted by Crippen LogP contribution is -2.34. The van der Waals surface area contributed by atoms with Gasteiger partial charge >= 0.3 is 0 Å². The number of nitrogens with zero attached hydrogens (tertiary/aromatic N) is 2. The van der Waals surface area contributed by atoms with Crippen LogP contribution in [0.4, 0.5) is 0 Å². The SMILES string of the molecule is Cc1nsc(SCCNC2CCCC(C)C2)n1. The van der Waals surface area contributed by atoms with Crippen molar-refractivity contribution in [1.82, 2.24) is 14.7 Å². The smallest absolute Gasteiger partial charge is 0.170 e. The molecule has 5 heteroatoms. The molecule has 0 amide bonds. The number of aryl methyl sites for hydroxylation is 1. The first-order valence-electron chi connectivity index (χ1n) is 6.40. The topological polar surface area (TPSA) is 37.8 Å². The van der Waals surface area contributed by atoms with E-state index in [1.165, 1.54) is 37.2 Å². The monoisotopic (exact) mass is 271 g/mol. The molecule has 0 spiro atoms. The summed E-state index contributed by atoms with van der Waals surface area (Å²) in [7, 11) is 0. The maximum absolute atomic E-state index is 4.35. The van der Waals surface area contributed by atoms with Crippen molar-refractivity contribution in [2.75, 3.05) is 12.3 Å². The molecule has 1 aliphatic carbocycles. The second kappa shape index (κ2) is 6.71. The average molecular weight is 271 g/mol. The third-order valence-electron chi connectivity index (χ3n) is 3.21. The van der Waals surface area contributed by atoms with Crippen LogP contribution < -0.4 is 5.32 Å². The van der Waals surface area contributed by atoms with E-state index in [1.807, 2.05) is 18.7 Å². The quantitative estimate of drug-likeness (QED) is 0.659. The molecule has 2 atom stereocenters. The highest BCUT2D eigenvalue weighted by atomic mass is 32.2. The van der Waals surface area contributed by atoms with Gasteiger partial charge in [-0.2, -0.15) is 4.37 Å². The van der Waals surface area contributed by atoms with Gasteiger partial charge in [0.05, 0.1) is 0 Å². The second-order valence-corrected chi connectivity index (χ2v) is 6.97. The van der Waals surface area contributed by atoms with Crippen LogP contribution in [0.3, 0.4) is 0 Å². The molecule has 1 heterocycles. The molecule has 0 bridgehead atoms. The number of thioether (sulfide) groups is 1. The van der Waals surface area contributed by atoms with Gasteiger partial charge in [0.1, 0.15) is 5.82 Å². The summed E-state index contributed by atoms with van der Waals surface area (Å²) in [6, 6.07) is 0.746. The Morgan fingerprint density at radius 2 is 2.35 bits per heavy atom. The maximum Gasteiger partial charge on any atom is 0.170 e. The number of hydrogen-bond acceptors (Lipinski definition) is 5. The first-order valence-corrected chi connectivity index (χ1v) is 8.16. The van der Waals surface area contributed by atoms with Crippen LogP contribution in [0, 0.1) is 12.8 Å². The van der Waals surface area contributed by atoms with Gasteiger partial charge in [0.2, 0.25) is 0 Å². The zero-order valence-electron chi connectivity index (χ0n) is 10.6. The number of rotatable bonds is 5. The van der Waals surface area contributed by atoms with Crippen LogP contribution in [0.15, 0.2) is 4.34 Å². The molecule has 1 aliphatic rings. The molecular formula is C12H21N3S2. The summed E-state index contributed by atoms with van der Waals surface area (Å²) in [5, 5.41) is 3.66. The van der Waals surface area contributed by atoms with Gasteiger partial charge in [0.25, 0.3) is 0 Å². The van der Waals surface area contributed by atoms with E-state index in [0.717, 1.165) is 34.4 Å². The fourth-order valence-electron chi connectivity index (χ4n) is 2.36. The zero-order chi connectivity index (χ0) is 12.1. The molecule has 0 aromatic carbocycles. The summed E-state index contributed by atoms with van der Waals surface area (Å²) < 4.78 is 5.28. The third-order valence-corrected chi connectivity index (χ3v) is 5.13. The van der Waals surface area contributed by atoms with Crippen molar-refractivity contribution in [1.29, 1.82) is 0 Å². The summed E-state index contributed by atoms with van der Waals surface area (Å²) in [6.07, 6.45) is 5.51. The van der Waals surface area contributed by atoms with Crippen LogP contribution in [0.5, 0.6) is 0 Å². The molecule has 3 nitrogen and oxygen atoms in total. The lowest BCUT2D eigenvalue weighted by atomic mass is 9.87. The highest BCUT2D eigenvalue weighted by molar-refractivity contribution is 8.00. The zero-order valence-corrected chi connectivity index (χ0v) is 12.2. The first kappa shape index (κ1) is 13.3. The normalized spacial score (nSPS) is 25.1. The van der Waals surface area contributed by atoms with E-state index in [1.54, 1.807) is 0 Å². The standard InChI is InChI=1S/C12H21N3S2/c1-9-4-3-5-11(8-9)13-6-7-16-12-14-10(2)15-17-12/h9,11,13H,3-8H2,1-2H3. The van der Waals surface area contributed by atoms with Gasteiger partial charge < -0.3 is 5.32 Å². The summed E-state index contributed by atoms with van der Waals surface area (Å²) in [5.74, 6) is 2.89. The van der Waals surface area contributed by atoms with Crippen molar-refractivity contribution in [2.24, 2.45) is 5.92 Å². The Kier molecular flexibility index (Phi) is 5.25. The van der Waals surface area contributed by atoms with Crippen LogP contribution in [0.25, 0.3) is 0 Å². The molecule has 0 radical (unpaired) electrons. The maximum atomic E-state index is 4.35. The largest absolute Gasteiger partial charge is 0.313 e. The summed E-state index contributed by atoms with van der Waals surface area (Å²) >= 11 is 3.32. The minimum Gasteiger partial charge on any atom is -0.313 e. The predicted molar refractivity (Wildman–Crippen MR) is 74.8 cm³/mol. The summed E-state index contributed by atoms with van der Waals surface area (Å²) in [5.41, 5.74) is 0. The molecule has 17 heavy (non-hydrogen) atoms. The second-order valence-electron chi connectivity index (χ2n) is 4.88. The van der Waals surface area contributed by atoms with Crippen molar-refractivity contribution in [3.05, 3.63) is 5.82 Å². The van der Waals surface area contributed by atoms with Crippen LogP contribution in [-0.4, -0.2) is 27.7 Å². The van der Waals surface area contributed by atoms with Crippen molar-refractivity contribution >= 4 is 23.3 Å². The van der Waals surface area contributed by atoms with Crippen LogP contribution >= 0.6 is 23.3 Å². The summed E-state index contributed by atoms with van der Waals surface area (Å²) in [6.45, 7) is 5.40. The Balaban J connectivity index is 1.59. The molecule has 0 saturated heterocycles. The van der Waals surface area contributed by atoms with Gasteiger partial charge in [-0.15, -0.1) is 0 Å². The Hall–Kier alpha value is -0.130. The van der Waals surface area contributed by atoms with Gasteiger partial charge in [-0.3, -0.25) is 0 Å². The number of nitrogens with one attached hydrogen (secondary N) is 1. The molecule has 2 unspecified atom stereocenters.